The first kappa shape index (κ1) is 15.3. The van der Waals surface area contributed by atoms with Crippen LogP contribution in [-0.2, 0) is 4.74 Å². The highest BCUT2D eigenvalue weighted by Crippen LogP contribution is 2.24. The van der Waals surface area contributed by atoms with Crippen molar-refractivity contribution in [2.45, 2.75) is 13.0 Å². The third-order valence-electron chi connectivity index (χ3n) is 2.43. The molecule has 0 aliphatic carbocycles. The van der Waals surface area contributed by atoms with Crippen molar-refractivity contribution in [1.82, 2.24) is 5.32 Å². The summed E-state index contributed by atoms with van der Waals surface area (Å²) in [6.07, 6.45) is -0.135. The number of carbonyl (C=O) groups excluding carboxylic acids is 1. The topological polar surface area (TPSA) is 87.7 Å². The predicted octanol–water partition coefficient (Wildman–Crippen LogP) is 2.19. The number of aromatic carboxylic acids is 1. The molecular formula is C12H15ClN2O4. The highest BCUT2D eigenvalue weighted by atomic mass is 35.5. The van der Waals surface area contributed by atoms with Crippen molar-refractivity contribution in [2.24, 2.45) is 0 Å². The number of hydrogen-bond donors (Lipinski definition) is 3. The summed E-state index contributed by atoms with van der Waals surface area (Å²) in [4.78, 5) is 22.7. The molecule has 1 aromatic rings. The fourth-order valence-corrected chi connectivity index (χ4v) is 1.59. The molecular weight excluding hydrogens is 272 g/mol. The third-order valence-corrected chi connectivity index (χ3v) is 2.74. The summed E-state index contributed by atoms with van der Waals surface area (Å²) < 4.78 is 4.97. The van der Waals surface area contributed by atoms with Crippen LogP contribution in [0.3, 0.4) is 0 Å². The maximum absolute atomic E-state index is 11.6. The third kappa shape index (κ3) is 4.42. The van der Waals surface area contributed by atoms with Gasteiger partial charge in [0.2, 0.25) is 0 Å². The average Bonchev–Trinajstić information content (AvgIpc) is 2.35. The number of carbonyl (C=O) groups is 2. The van der Waals surface area contributed by atoms with E-state index >= 15 is 0 Å². The van der Waals surface area contributed by atoms with Crippen LogP contribution in [0.2, 0.25) is 5.02 Å². The molecule has 1 aromatic carbocycles. The molecule has 0 heterocycles. The van der Waals surface area contributed by atoms with E-state index in [1.54, 1.807) is 13.0 Å². The predicted molar refractivity (Wildman–Crippen MR) is 71.9 cm³/mol. The zero-order chi connectivity index (χ0) is 14.4. The number of methoxy groups -OCH3 is 1. The summed E-state index contributed by atoms with van der Waals surface area (Å²) in [6.45, 7) is 2.10. The molecule has 0 aliphatic rings. The number of rotatable bonds is 5. The Balaban J connectivity index is 2.74. The van der Waals surface area contributed by atoms with Crippen LogP contribution in [0.5, 0.6) is 0 Å². The Bertz CT molecular complexity index is 479. The summed E-state index contributed by atoms with van der Waals surface area (Å²) in [5.41, 5.74) is 0.00155. The van der Waals surface area contributed by atoms with Gasteiger partial charge in [-0.15, -0.1) is 0 Å². The van der Waals surface area contributed by atoms with Gasteiger partial charge in [-0.3, -0.25) is 0 Å². The van der Waals surface area contributed by atoms with E-state index in [9.17, 15) is 9.59 Å². The lowest BCUT2D eigenvalue weighted by Gasteiger charge is -2.13. The number of benzene rings is 1. The van der Waals surface area contributed by atoms with E-state index < -0.39 is 12.0 Å². The second-order valence-corrected chi connectivity index (χ2v) is 4.26. The minimum absolute atomic E-state index is 0.0653. The minimum atomic E-state index is -1.20. The maximum atomic E-state index is 11.6. The van der Waals surface area contributed by atoms with E-state index in [1.165, 1.54) is 19.2 Å². The van der Waals surface area contributed by atoms with Crippen molar-refractivity contribution in [3.63, 3.8) is 0 Å². The maximum Gasteiger partial charge on any atom is 0.339 e. The number of hydrogen-bond acceptors (Lipinski definition) is 3. The largest absolute Gasteiger partial charge is 0.478 e. The standard InChI is InChI=1S/C12H15ClN2O4/c1-7(19-2)6-14-12(18)15-9-5-3-4-8(13)10(9)11(16)17/h3-5,7H,6H2,1-2H3,(H,16,17)(H2,14,15,18). The quantitative estimate of drug-likeness (QED) is 0.774. The molecule has 0 radical (unpaired) electrons. The molecule has 0 aromatic heterocycles. The molecule has 1 atom stereocenters. The lowest BCUT2D eigenvalue weighted by molar-refractivity contribution is 0.0698. The Morgan fingerprint density at radius 2 is 2.16 bits per heavy atom. The molecule has 19 heavy (non-hydrogen) atoms. The van der Waals surface area contributed by atoms with Gasteiger partial charge in [0.15, 0.2) is 0 Å². The first-order valence-electron chi connectivity index (χ1n) is 5.55. The normalized spacial score (nSPS) is 11.7. The zero-order valence-corrected chi connectivity index (χ0v) is 11.3. The monoisotopic (exact) mass is 286 g/mol. The van der Waals surface area contributed by atoms with Crippen molar-refractivity contribution < 1.29 is 19.4 Å². The van der Waals surface area contributed by atoms with Gasteiger partial charge < -0.3 is 20.5 Å². The van der Waals surface area contributed by atoms with Gasteiger partial charge in [-0.2, -0.15) is 0 Å². The number of carboxylic acids is 1. The molecule has 0 spiro atoms. The van der Waals surface area contributed by atoms with Gasteiger partial charge in [0, 0.05) is 13.7 Å². The molecule has 0 aliphatic heterocycles. The molecule has 0 saturated heterocycles. The molecule has 2 amide bonds. The van der Waals surface area contributed by atoms with Crippen LogP contribution >= 0.6 is 11.6 Å². The smallest absolute Gasteiger partial charge is 0.339 e. The number of anilines is 1. The van der Waals surface area contributed by atoms with Gasteiger partial charge in [-0.05, 0) is 19.1 Å². The van der Waals surface area contributed by atoms with Crippen molar-refractivity contribution in [1.29, 1.82) is 0 Å². The van der Waals surface area contributed by atoms with Crippen LogP contribution in [0, 0.1) is 0 Å². The van der Waals surface area contributed by atoms with Crippen LogP contribution in [0.15, 0.2) is 18.2 Å². The number of carboxylic acid groups (broad SMARTS) is 1. The Labute approximate surface area is 115 Å². The van der Waals surface area contributed by atoms with Gasteiger partial charge in [-0.25, -0.2) is 9.59 Å². The summed E-state index contributed by atoms with van der Waals surface area (Å²) >= 11 is 5.79. The van der Waals surface area contributed by atoms with Gasteiger partial charge in [0.25, 0.3) is 0 Å². The van der Waals surface area contributed by atoms with Gasteiger partial charge >= 0.3 is 12.0 Å². The second-order valence-electron chi connectivity index (χ2n) is 3.85. The van der Waals surface area contributed by atoms with Crippen LogP contribution in [0.25, 0.3) is 0 Å². The first-order valence-corrected chi connectivity index (χ1v) is 5.93. The Hall–Kier alpha value is -1.79. The molecule has 1 rings (SSSR count). The Morgan fingerprint density at radius 3 is 2.74 bits per heavy atom. The van der Waals surface area contributed by atoms with Crippen LogP contribution < -0.4 is 10.6 Å². The molecule has 0 saturated carbocycles. The Kier molecular flexibility index (Phi) is 5.59. The minimum Gasteiger partial charge on any atom is -0.478 e. The second kappa shape index (κ2) is 6.96. The van der Waals surface area contributed by atoms with E-state index in [0.29, 0.717) is 6.54 Å². The van der Waals surface area contributed by atoms with Gasteiger partial charge in [0.05, 0.1) is 16.8 Å². The number of amides is 2. The lowest BCUT2D eigenvalue weighted by Crippen LogP contribution is -2.35. The number of nitrogens with one attached hydrogen (secondary N) is 2. The summed E-state index contributed by atoms with van der Waals surface area (Å²) in [5.74, 6) is -1.20. The molecule has 3 N–H and O–H groups in total. The van der Waals surface area contributed by atoms with E-state index in [2.05, 4.69) is 10.6 Å². The number of urea groups is 1. The molecule has 7 heteroatoms. The van der Waals surface area contributed by atoms with Gasteiger partial charge in [-0.1, -0.05) is 17.7 Å². The summed E-state index contributed by atoms with van der Waals surface area (Å²) in [6, 6.07) is 3.95. The highest BCUT2D eigenvalue weighted by molar-refractivity contribution is 6.34. The molecule has 104 valence electrons. The van der Waals surface area contributed by atoms with Crippen LogP contribution in [-0.4, -0.2) is 36.9 Å². The SMILES string of the molecule is COC(C)CNC(=O)Nc1cccc(Cl)c1C(=O)O. The van der Waals surface area contributed by atoms with Crippen LogP contribution in [0.1, 0.15) is 17.3 Å². The number of halogens is 1. The molecule has 1 unspecified atom stereocenters. The van der Waals surface area contributed by atoms with E-state index in [1.807, 2.05) is 0 Å². The highest BCUT2D eigenvalue weighted by Gasteiger charge is 2.16. The van der Waals surface area contributed by atoms with E-state index in [-0.39, 0.29) is 22.4 Å². The molecule has 0 fully saturated rings. The first-order chi connectivity index (χ1) is 8.95. The molecule has 0 bridgehead atoms. The van der Waals surface area contributed by atoms with Crippen molar-refractivity contribution >= 4 is 29.3 Å². The lowest BCUT2D eigenvalue weighted by atomic mass is 10.2. The zero-order valence-electron chi connectivity index (χ0n) is 10.6. The summed E-state index contributed by atoms with van der Waals surface area (Å²) in [7, 11) is 1.53. The number of ether oxygens (including phenoxy) is 1. The van der Waals surface area contributed by atoms with Crippen molar-refractivity contribution in [2.75, 3.05) is 19.0 Å². The van der Waals surface area contributed by atoms with E-state index in [4.69, 9.17) is 21.4 Å². The van der Waals surface area contributed by atoms with Crippen LogP contribution in [0.4, 0.5) is 10.5 Å². The molecule has 6 nitrogen and oxygen atoms in total. The van der Waals surface area contributed by atoms with Gasteiger partial charge in [0.1, 0.15) is 5.56 Å². The Morgan fingerprint density at radius 1 is 1.47 bits per heavy atom. The van der Waals surface area contributed by atoms with Crippen molar-refractivity contribution in [3.05, 3.63) is 28.8 Å². The van der Waals surface area contributed by atoms with E-state index in [0.717, 1.165) is 0 Å². The average molecular weight is 287 g/mol. The van der Waals surface area contributed by atoms with Crippen molar-refractivity contribution in [3.8, 4) is 0 Å². The fourth-order valence-electron chi connectivity index (χ4n) is 1.33. The summed E-state index contributed by atoms with van der Waals surface area (Å²) in [5, 5.41) is 14.1. The fraction of sp³-hybridized carbons (Fsp3) is 0.333.